The lowest BCUT2D eigenvalue weighted by Crippen LogP contribution is -2.60. The molecule has 2 atom stereocenters. The molecule has 212 valence electrons. The van der Waals surface area contributed by atoms with Gasteiger partial charge in [-0.15, -0.1) is 0 Å². The van der Waals surface area contributed by atoms with Crippen LogP contribution in [0.3, 0.4) is 0 Å². The highest BCUT2D eigenvalue weighted by Gasteiger charge is 2.42. The third-order valence-electron chi connectivity index (χ3n) is 5.34. The standard InChI is InChI=1S/C22H26F3N7O6S/c1-2-6-16(20(34)29-15(19(26)33)11-13-7-4-3-5-8-13)31(30-21(27)28)39(37,38)18-10-9-14(22(23,24)25)12-17(18)32(35)36/h3-5,7-10,12,15-16H,2,6,11H2,1H3,(H2,26,33)(H,29,34)(H4,27,28,30)/t15-,16-/m0/s1. The Kier molecular flexibility index (Phi) is 9.95. The van der Waals surface area contributed by atoms with Crippen molar-refractivity contribution in [3.8, 4) is 0 Å². The molecule has 0 aliphatic rings. The smallest absolute Gasteiger partial charge is 0.369 e. The number of nitrogens with two attached hydrogens (primary N) is 2. The van der Waals surface area contributed by atoms with Crippen LogP contribution >= 0.6 is 0 Å². The summed E-state index contributed by atoms with van der Waals surface area (Å²) in [6.07, 6.45) is -5.18. The minimum Gasteiger partial charge on any atom is -0.369 e. The third kappa shape index (κ3) is 7.87. The van der Waals surface area contributed by atoms with E-state index in [9.17, 15) is 41.3 Å². The minimum absolute atomic E-state index is 0.0384. The number of primary amides is 1. The molecule has 0 unspecified atom stereocenters. The fraction of sp³-hybridized carbons (Fsp3) is 0.318. The topological polar surface area (TPSA) is 215 Å². The number of nitrogens with zero attached hydrogens (tertiary/aromatic N) is 2. The Hall–Kier alpha value is -4.25. The van der Waals surface area contributed by atoms with Gasteiger partial charge in [0, 0.05) is 12.5 Å². The maximum atomic E-state index is 13.5. The number of carbonyl (C=O) groups is 2. The zero-order chi connectivity index (χ0) is 29.5. The Morgan fingerprint density at radius 3 is 2.26 bits per heavy atom. The zero-order valence-electron chi connectivity index (χ0n) is 20.4. The van der Waals surface area contributed by atoms with Crippen LogP contribution in [0.1, 0.15) is 30.9 Å². The van der Waals surface area contributed by atoms with Crippen LogP contribution < -0.4 is 22.2 Å². The van der Waals surface area contributed by atoms with E-state index in [-0.39, 0.29) is 29.7 Å². The molecule has 0 aliphatic carbocycles. The molecule has 2 aromatic rings. The van der Waals surface area contributed by atoms with Crippen LogP contribution in [0.5, 0.6) is 0 Å². The summed E-state index contributed by atoms with van der Waals surface area (Å²) in [6, 6.07) is 6.05. The molecule has 2 amide bonds. The fourth-order valence-corrected chi connectivity index (χ4v) is 5.16. The molecule has 7 N–H and O–H groups in total. The molecule has 39 heavy (non-hydrogen) atoms. The monoisotopic (exact) mass is 573 g/mol. The van der Waals surface area contributed by atoms with Crippen molar-refractivity contribution in [3.63, 3.8) is 0 Å². The summed E-state index contributed by atoms with van der Waals surface area (Å²) < 4.78 is 66.6. The molecule has 0 heterocycles. The van der Waals surface area contributed by atoms with Gasteiger partial charge in [0.05, 0.1) is 10.5 Å². The second kappa shape index (κ2) is 12.5. The molecule has 0 saturated carbocycles. The molecule has 0 bridgehead atoms. The molecule has 0 spiro atoms. The second-order valence-corrected chi connectivity index (χ2v) is 10.0. The second-order valence-electron chi connectivity index (χ2n) is 8.22. The van der Waals surface area contributed by atoms with E-state index in [1.54, 1.807) is 37.3 Å². The number of nitrogens with one attached hydrogen (secondary N) is 3. The highest BCUT2D eigenvalue weighted by molar-refractivity contribution is 7.89. The molecule has 0 radical (unpaired) electrons. The van der Waals surface area contributed by atoms with E-state index in [4.69, 9.17) is 16.9 Å². The first-order chi connectivity index (χ1) is 18.1. The summed E-state index contributed by atoms with van der Waals surface area (Å²) in [7, 11) is -5.20. The number of carbonyl (C=O) groups excluding carboxylic acids is 2. The highest BCUT2D eigenvalue weighted by atomic mass is 32.2. The molecule has 13 nitrogen and oxygen atoms in total. The van der Waals surface area contributed by atoms with Crippen molar-refractivity contribution < 1.29 is 36.1 Å². The van der Waals surface area contributed by atoms with Gasteiger partial charge in [-0.2, -0.15) is 13.2 Å². The molecule has 0 saturated heterocycles. The van der Waals surface area contributed by atoms with Gasteiger partial charge in [-0.25, -0.2) is 8.42 Å². The summed E-state index contributed by atoms with van der Waals surface area (Å²) >= 11 is 0. The van der Waals surface area contributed by atoms with E-state index in [1.165, 1.54) is 0 Å². The largest absolute Gasteiger partial charge is 0.416 e. The Morgan fingerprint density at radius 2 is 1.77 bits per heavy atom. The first-order valence-corrected chi connectivity index (χ1v) is 12.7. The van der Waals surface area contributed by atoms with Crippen LogP contribution in [0.2, 0.25) is 0 Å². The van der Waals surface area contributed by atoms with E-state index < -0.39 is 67.1 Å². The molecule has 2 rings (SSSR count). The Morgan fingerprint density at radius 1 is 1.15 bits per heavy atom. The number of benzene rings is 2. The van der Waals surface area contributed by atoms with Crippen molar-refractivity contribution in [2.45, 2.75) is 49.3 Å². The first-order valence-electron chi connectivity index (χ1n) is 11.2. The number of hydrogen-bond acceptors (Lipinski definition) is 7. The maximum absolute atomic E-state index is 13.5. The number of halogens is 3. The van der Waals surface area contributed by atoms with Crippen molar-refractivity contribution in [1.29, 1.82) is 5.41 Å². The first kappa shape index (κ1) is 31.0. The van der Waals surface area contributed by atoms with E-state index in [0.717, 1.165) is 0 Å². The molecule has 0 aliphatic heterocycles. The molecule has 0 aromatic heterocycles. The van der Waals surface area contributed by atoms with Gasteiger partial charge in [-0.1, -0.05) is 48.1 Å². The quantitative estimate of drug-likeness (QED) is 0.108. The molecule has 2 aromatic carbocycles. The van der Waals surface area contributed by atoms with Crippen LogP contribution in [-0.2, 0) is 32.2 Å². The highest BCUT2D eigenvalue weighted by Crippen LogP contribution is 2.35. The predicted molar refractivity (Wildman–Crippen MR) is 132 cm³/mol. The van der Waals surface area contributed by atoms with E-state index in [0.29, 0.717) is 17.7 Å². The Bertz CT molecular complexity index is 1340. The predicted octanol–water partition coefficient (Wildman–Crippen LogP) is 1.38. The minimum atomic E-state index is -5.20. The van der Waals surface area contributed by atoms with Gasteiger partial charge in [0.15, 0.2) is 4.90 Å². The van der Waals surface area contributed by atoms with Crippen LogP contribution in [0.4, 0.5) is 18.9 Å². The molecular weight excluding hydrogens is 547 g/mol. The molecular formula is C22H26F3N7O6S. The van der Waals surface area contributed by atoms with Crippen molar-refractivity contribution in [2.75, 3.05) is 0 Å². The van der Waals surface area contributed by atoms with Gasteiger partial charge in [0.25, 0.3) is 15.7 Å². The summed E-state index contributed by atoms with van der Waals surface area (Å²) in [5.41, 5.74) is 10.4. The van der Waals surface area contributed by atoms with Crippen LogP contribution in [0, 0.1) is 15.5 Å². The number of rotatable bonds is 12. The molecule has 0 fully saturated rings. The third-order valence-corrected chi connectivity index (χ3v) is 7.11. The Balaban J connectivity index is 2.57. The van der Waals surface area contributed by atoms with Crippen LogP contribution in [0.15, 0.2) is 53.4 Å². The lowest BCUT2D eigenvalue weighted by molar-refractivity contribution is -0.388. The average Bonchev–Trinajstić information content (AvgIpc) is 2.85. The van der Waals surface area contributed by atoms with Gasteiger partial charge in [-0.3, -0.25) is 30.5 Å². The van der Waals surface area contributed by atoms with Gasteiger partial charge >= 0.3 is 6.18 Å². The van der Waals surface area contributed by atoms with Gasteiger partial charge in [-0.05, 0) is 24.1 Å². The number of hydrogen-bond donors (Lipinski definition) is 5. The molecule has 17 heteroatoms. The van der Waals surface area contributed by atoms with E-state index in [2.05, 4.69) is 5.32 Å². The lowest BCUT2D eigenvalue weighted by atomic mass is 10.0. The van der Waals surface area contributed by atoms with Crippen LogP contribution in [0.25, 0.3) is 0 Å². The number of nitro groups is 1. The van der Waals surface area contributed by atoms with Gasteiger partial charge in [0.1, 0.15) is 12.1 Å². The van der Waals surface area contributed by atoms with E-state index in [1.807, 2.05) is 5.43 Å². The summed E-state index contributed by atoms with van der Waals surface area (Å²) in [5, 5.41) is 21.4. The van der Waals surface area contributed by atoms with Gasteiger partial charge < -0.3 is 16.8 Å². The van der Waals surface area contributed by atoms with E-state index >= 15 is 0 Å². The van der Waals surface area contributed by atoms with Crippen molar-refractivity contribution >= 4 is 33.5 Å². The average molecular weight is 574 g/mol. The van der Waals surface area contributed by atoms with Crippen molar-refractivity contribution in [3.05, 3.63) is 69.8 Å². The SMILES string of the molecule is CCC[C@@H](C(=O)N[C@@H](Cc1ccccc1)C(N)=O)N(NC(=N)N)S(=O)(=O)c1ccc(C(F)(F)F)cc1[N+](=O)[O-]. The Labute approximate surface area is 221 Å². The van der Waals surface area contributed by atoms with Crippen LogP contribution in [-0.4, -0.2) is 47.6 Å². The number of amides is 2. The number of nitro benzene ring substituents is 1. The summed E-state index contributed by atoms with van der Waals surface area (Å²) in [4.78, 5) is 34.4. The summed E-state index contributed by atoms with van der Waals surface area (Å²) in [6.45, 7) is 1.56. The number of guanidine groups is 1. The summed E-state index contributed by atoms with van der Waals surface area (Å²) in [5.74, 6) is -3.03. The van der Waals surface area contributed by atoms with Crippen molar-refractivity contribution in [1.82, 2.24) is 15.2 Å². The lowest BCUT2D eigenvalue weighted by Gasteiger charge is -2.31. The zero-order valence-corrected chi connectivity index (χ0v) is 21.3. The van der Waals surface area contributed by atoms with Crippen molar-refractivity contribution in [2.24, 2.45) is 11.5 Å². The fourth-order valence-electron chi connectivity index (χ4n) is 3.55. The normalized spacial score (nSPS) is 13.4. The number of hydrazine groups is 1. The number of alkyl halides is 3. The number of sulfonamides is 1. The van der Waals surface area contributed by atoms with Gasteiger partial charge in [0.2, 0.25) is 17.8 Å². The maximum Gasteiger partial charge on any atom is 0.416 e.